The Bertz CT molecular complexity index is 273. The van der Waals surface area contributed by atoms with Gasteiger partial charge in [-0.15, -0.1) is 0 Å². The van der Waals surface area contributed by atoms with E-state index in [1.54, 1.807) is 0 Å². The number of thioether (sulfide) groups is 1. The molecule has 0 heterocycles. The molecule has 0 saturated heterocycles. The minimum absolute atomic E-state index is 0.639. The normalized spacial score (nSPS) is 14.7. The van der Waals surface area contributed by atoms with Crippen LogP contribution in [0.3, 0.4) is 0 Å². The molecule has 0 fully saturated rings. The minimum atomic E-state index is 0.639. The van der Waals surface area contributed by atoms with Crippen LogP contribution in [-0.4, -0.2) is 17.8 Å². The Labute approximate surface area is 104 Å². The standard InChI is InChI=1S/C14H23NS/c1-4-12(2)15-10-13(3)16-11-14-8-6-5-7-9-14/h5-9,12-13,15H,4,10-11H2,1-3H3. The molecule has 2 heteroatoms. The molecule has 0 aromatic heterocycles. The summed E-state index contributed by atoms with van der Waals surface area (Å²) in [7, 11) is 0. The van der Waals surface area contributed by atoms with E-state index in [4.69, 9.17) is 0 Å². The molecule has 0 aliphatic heterocycles. The molecule has 0 aliphatic carbocycles. The number of hydrogen-bond donors (Lipinski definition) is 1. The van der Waals surface area contributed by atoms with Crippen LogP contribution in [0.25, 0.3) is 0 Å². The topological polar surface area (TPSA) is 12.0 Å². The molecule has 90 valence electrons. The molecule has 1 nitrogen and oxygen atoms in total. The zero-order valence-electron chi connectivity index (χ0n) is 10.6. The number of nitrogens with one attached hydrogen (secondary N) is 1. The summed E-state index contributed by atoms with van der Waals surface area (Å²) in [6.45, 7) is 7.86. The summed E-state index contributed by atoms with van der Waals surface area (Å²) in [6.07, 6.45) is 1.20. The summed E-state index contributed by atoms with van der Waals surface area (Å²) in [4.78, 5) is 0. The van der Waals surface area contributed by atoms with Crippen LogP contribution in [0.2, 0.25) is 0 Å². The molecule has 0 aliphatic rings. The summed E-state index contributed by atoms with van der Waals surface area (Å²) in [5.74, 6) is 1.12. The Hall–Kier alpha value is -0.470. The van der Waals surface area contributed by atoms with Gasteiger partial charge in [-0.2, -0.15) is 11.8 Å². The SMILES string of the molecule is CCC(C)NCC(C)SCc1ccccc1. The highest BCUT2D eigenvalue weighted by Crippen LogP contribution is 2.16. The lowest BCUT2D eigenvalue weighted by molar-refractivity contribution is 0.537. The van der Waals surface area contributed by atoms with Crippen LogP contribution in [0, 0.1) is 0 Å². The van der Waals surface area contributed by atoms with E-state index in [1.807, 2.05) is 11.8 Å². The fourth-order valence-electron chi connectivity index (χ4n) is 1.38. The van der Waals surface area contributed by atoms with Crippen LogP contribution in [0.15, 0.2) is 30.3 Å². The third kappa shape index (κ3) is 5.57. The van der Waals surface area contributed by atoms with Crippen LogP contribution < -0.4 is 5.32 Å². The third-order valence-corrected chi connectivity index (χ3v) is 3.98. The molecular weight excluding hydrogens is 214 g/mol. The van der Waals surface area contributed by atoms with Gasteiger partial charge in [0.15, 0.2) is 0 Å². The van der Waals surface area contributed by atoms with Crippen molar-refractivity contribution >= 4 is 11.8 Å². The van der Waals surface area contributed by atoms with Crippen molar-refractivity contribution in [1.82, 2.24) is 5.32 Å². The predicted octanol–water partition coefficient (Wildman–Crippen LogP) is 3.70. The first kappa shape index (κ1) is 13.6. The van der Waals surface area contributed by atoms with Gasteiger partial charge in [-0.25, -0.2) is 0 Å². The highest BCUT2D eigenvalue weighted by molar-refractivity contribution is 7.99. The van der Waals surface area contributed by atoms with Crippen molar-refractivity contribution in [3.05, 3.63) is 35.9 Å². The van der Waals surface area contributed by atoms with Crippen LogP contribution >= 0.6 is 11.8 Å². The van der Waals surface area contributed by atoms with E-state index < -0.39 is 0 Å². The molecule has 0 bridgehead atoms. The van der Waals surface area contributed by atoms with Crippen molar-refractivity contribution in [2.45, 2.75) is 44.2 Å². The maximum atomic E-state index is 3.55. The summed E-state index contributed by atoms with van der Waals surface area (Å²) >= 11 is 2.02. The van der Waals surface area contributed by atoms with Crippen LogP contribution in [0.1, 0.15) is 32.8 Å². The molecule has 2 unspecified atom stereocenters. The largest absolute Gasteiger partial charge is 0.313 e. The summed E-state index contributed by atoms with van der Waals surface area (Å²) in [6, 6.07) is 11.3. The molecule has 1 aromatic rings. The summed E-state index contributed by atoms with van der Waals surface area (Å²) in [5.41, 5.74) is 1.42. The maximum Gasteiger partial charge on any atom is 0.0187 e. The van der Waals surface area contributed by atoms with Gasteiger partial charge in [0.2, 0.25) is 0 Å². The summed E-state index contributed by atoms with van der Waals surface area (Å²) < 4.78 is 0. The lowest BCUT2D eigenvalue weighted by Gasteiger charge is -2.16. The smallest absolute Gasteiger partial charge is 0.0187 e. The Kier molecular flexibility index (Phi) is 6.58. The van der Waals surface area contributed by atoms with Crippen LogP contribution in [0.4, 0.5) is 0 Å². The zero-order valence-corrected chi connectivity index (χ0v) is 11.4. The molecule has 1 aromatic carbocycles. The fourth-order valence-corrected chi connectivity index (χ4v) is 2.27. The van der Waals surface area contributed by atoms with Crippen molar-refractivity contribution in [2.75, 3.05) is 6.54 Å². The van der Waals surface area contributed by atoms with E-state index in [2.05, 4.69) is 56.4 Å². The van der Waals surface area contributed by atoms with E-state index in [0.717, 1.165) is 12.3 Å². The molecule has 0 amide bonds. The maximum absolute atomic E-state index is 3.55. The van der Waals surface area contributed by atoms with Crippen molar-refractivity contribution < 1.29 is 0 Å². The van der Waals surface area contributed by atoms with Gasteiger partial charge in [0.1, 0.15) is 0 Å². The van der Waals surface area contributed by atoms with Crippen molar-refractivity contribution in [3.63, 3.8) is 0 Å². The molecule has 0 spiro atoms. The second kappa shape index (κ2) is 7.75. The van der Waals surface area contributed by atoms with Crippen LogP contribution in [0.5, 0.6) is 0 Å². The lowest BCUT2D eigenvalue weighted by atomic mass is 10.2. The molecule has 1 N–H and O–H groups in total. The monoisotopic (exact) mass is 237 g/mol. The van der Waals surface area contributed by atoms with E-state index in [1.165, 1.54) is 12.0 Å². The van der Waals surface area contributed by atoms with Crippen molar-refractivity contribution in [1.29, 1.82) is 0 Å². The molecule has 0 radical (unpaired) electrons. The van der Waals surface area contributed by atoms with E-state index in [9.17, 15) is 0 Å². The second-order valence-electron chi connectivity index (χ2n) is 4.32. The van der Waals surface area contributed by atoms with E-state index in [-0.39, 0.29) is 0 Å². The average Bonchev–Trinajstić information content (AvgIpc) is 2.34. The first-order chi connectivity index (χ1) is 7.72. The van der Waals surface area contributed by atoms with E-state index in [0.29, 0.717) is 11.3 Å². The average molecular weight is 237 g/mol. The predicted molar refractivity (Wildman–Crippen MR) is 75.0 cm³/mol. The van der Waals surface area contributed by atoms with Crippen LogP contribution in [-0.2, 0) is 5.75 Å². The zero-order chi connectivity index (χ0) is 11.8. The number of benzene rings is 1. The highest BCUT2D eigenvalue weighted by Gasteiger charge is 2.04. The quantitative estimate of drug-likeness (QED) is 0.776. The molecule has 0 saturated carbocycles. The third-order valence-electron chi connectivity index (χ3n) is 2.74. The molecule has 16 heavy (non-hydrogen) atoms. The number of rotatable bonds is 7. The van der Waals surface area contributed by atoms with E-state index >= 15 is 0 Å². The van der Waals surface area contributed by atoms with Gasteiger partial charge in [-0.05, 0) is 18.9 Å². The number of hydrogen-bond acceptors (Lipinski definition) is 2. The Morgan fingerprint density at radius 3 is 2.50 bits per heavy atom. The lowest BCUT2D eigenvalue weighted by Crippen LogP contribution is -2.30. The van der Waals surface area contributed by atoms with Crippen molar-refractivity contribution in [2.24, 2.45) is 0 Å². The first-order valence-corrected chi connectivity index (χ1v) is 7.16. The minimum Gasteiger partial charge on any atom is -0.313 e. The molecule has 1 rings (SSSR count). The molecular formula is C14H23NS. The van der Waals surface area contributed by atoms with Gasteiger partial charge in [-0.1, -0.05) is 44.2 Å². The second-order valence-corrected chi connectivity index (χ2v) is 5.75. The summed E-state index contributed by atoms with van der Waals surface area (Å²) in [5, 5.41) is 4.22. The van der Waals surface area contributed by atoms with Gasteiger partial charge >= 0.3 is 0 Å². The van der Waals surface area contributed by atoms with Gasteiger partial charge < -0.3 is 5.32 Å². The van der Waals surface area contributed by atoms with Gasteiger partial charge in [-0.3, -0.25) is 0 Å². The first-order valence-electron chi connectivity index (χ1n) is 6.11. The van der Waals surface area contributed by atoms with Gasteiger partial charge in [0, 0.05) is 23.6 Å². The Morgan fingerprint density at radius 2 is 1.88 bits per heavy atom. The highest BCUT2D eigenvalue weighted by atomic mass is 32.2. The van der Waals surface area contributed by atoms with Crippen molar-refractivity contribution in [3.8, 4) is 0 Å². The fraction of sp³-hybridized carbons (Fsp3) is 0.571. The Morgan fingerprint density at radius 1 is 1.19 bits per heavy atom. The van der Waals surface area contributed by atoms with Gasteiger partial charge in [0.25, 0.3) is 0 Å². The van der Waals surface area contributed by atoms with Gasteiger partial charge in [0.05, 0.1) is 0 Å². The molecule has 2 atom stereocenters. The Balaban J connectivity index is 2.18.